The number of hydrogen-bond donors (Lipinski definition) is 1. The summed E-state index contributed by atoms with van der Waals surface area (Å²) in [4.78, 5) is 12.3. The van der Waals surface area contributed by atoms with Crippen LogP contribution in [0.3, 0.4) is 0 Å². The molecule has 0 saturated carbocycles. The van der Waals surface area contributed by atoms with Crippen LogP contribution in [0.1, 0.15) is 15.9 Å². The lowest BCUT2D eigenvalue weighted by Crippen LogP contribution is -2.12. The molecule has 2 aromatic carbocycles. The number of ether oxygens (including phenoxy) is 1. The second-order valence-electron chi connectivity index (χ2n) is 4.95. The van der Waals surface area contributed by atoms with E-state index >= 15 is 0 Å². The molecule has 3 rings (SSSR count). The number of carbonyl (C=O) groups excluding carboxylic acids is 1. The summed E-state index contributed by atoms with van der Waals surface area (Å²) in [5, 5.41) is 11.1. The zero-order valence-corrected chi connectivity index (χ0v) is 14.9. The highest BCUT2D eigenvalue weighted by molar-refractivity contribution is 8.00. The van der Waals surface area contributed by atoms with Gasteiger partial charge in [-0.15, -0.1) is 10.2 Å². The van der Waals surface area contributed by atoms with Crippen LogP contribution in [0, 0.1) is 5.82 Å². The van der Waals surface area contributed by atoms with Crippen LogP contribution in [0.15, 0.2) is 52.9 Å². The minimum atomic E-state index is -0.310. The van der Waals surface area contributed by atoms with Crippen LogP contribution in [-0.4, -0.2) is 23.2 Å². The molecule has 0 atom stereocenters. The van der Waals surface area contributed by atoms with E-state index in [1.54, 1.807) is 30.3 Å². The fourth-order valence-corrected chi connectivity index (χ4v) is 3.78. The predicted octanol–water partition coefficient (Wildman–Crippen LogP) is 4.23. The third kappa shape index (κ3) is 4.55. The number of nitrogens with zero attached hydrogens (tertiary/aromatic N) is 2. The largest absolute Gasteiger partial charge is 0.496 e. The second kappa shape index (κ2) is 8.09. The molecule has 0 saturated heterocycles. The Labute approximate surface area is 152 Å². The monoisotopic (exact) mass is 375 g/mol. The molecule has 1 heterocycles. The lowest BCUT2D eigenvalue weighted by Gasteiger charge is -2.06. The molecular weight excluding hydrogens is 361 g/mol. The fourth-order valence-electron chi connectivity index (χ4n) is 2.09. The summed E-state index contributed by atoms with van der Waals surface area (Å²) >= 11 is 2.70. The summed E-state index contributed by atoms with van der Waals surface area (Å²) in [7, 11) is 1.51. The topological polar surface area (TPSA) is 64.1 Å². The van der Waals surface area contributed by atoms with Gasteiger partial charge in [0.25, 0.3) is 5.91 Å². The molecule has 0 aliphatic rings. The maximum absolute atomic E-state index is 13.2. The number of methoxy groups -OCH3 is 1. The van der Waals surface area contributed by atoms with Gasteiger partial charge in [-0.05, 0) is 29.8 Å². The first-order valence-electron chi connectivity index (χ1n) is 7.31. The van der Waals surface area contributed by atoms with Gasteiger partial charge in [-0.2, -0.15) is 0 Å². The van der Waals surface area contributed by atoms with Crippen molar-refractivity contribution in [3.63, 3.8) is 0 Å². The smallest absolute Gasteiger partial charge is 0.261 e. The zero-order chi connectivity index (χ0) is 17.6. The normalized spacial score (nSPS) is 10.5. The number of carbonyl (C=O) groups is 1. The number of hydrogen-bond acceptors (Lipinski definition) is 6. The van der Waals surface area contributed by atoms with Crippen LogP contribution in [0.2, 0.25) is 0 Å². The summed E-state index contributed by atoms with van der Waals surface area (Å²) in [6.07, 6.45) is 0. The molecule has 1 aromatic heterocycles. The molecule has 1 N–H and O–H groups in total. The number of rotatable bonds is 6. The number of anilines is 1. The van der Waals surface area contributed by atoms with Crippen molar-refractivity contribution in [2.45, 2.75) is 10.1 Å². The van der Waals surface area contributed by atoms with Crippen molar-refractivity contribution in [1.29, 1.82) is 0 Å². The highest BCUT2D eigenvalue weighted by Crippen LogP contribution is 2.29. The minimum Gasteiger partial charge on any atom is -0.496 e. The van der Waals surface area contributed by atoms with Crippen LogP contribution < -0.4 is 10.1 Å². The number of thioether (sulfide) groups is 1. The highest BCUT2D eigenvalue weighted by Gasteiger charge is 2.14. The average Bonchev–Trinajstić information content (AvgIpc) is 3.07. The van der Waals surface area contributed by atoms with E-state index in [4.69, 9.17) is 4.74 Å². The second-order valence-corrected chi connectivity index (χ2v) is 7.15. The van der Waals surface area contributed by atoms with Gasteiger partial charge in [-0.3, -0.25) is 10.1 Å². The molecule has 5 nitrogen and oxygen atoms in total. The first-order valence-corrected chi connectivity index (χ1v) is 9.11. The van der Waals surface area contributed by atoms with Gasteiger partial charge in [0, 0.05) is 5.75 Å². The number of halogens is 1. The van der Waals surface area contributed by atoms with E-state index < -0.39 is 0 Å². The Morgan fingerprint density at radius 3 is 2.88 bits per heavy atom. The van der Waals surface area contributed by atoms with Gasteiger partial charge in [-0.1, -0.05) is 47.4 Å². The summed E-state index contributed by atoms with van der Waals surface area (Å²) in [5.41, 5.74) is 1.29. The summed E-state index contributed by atoms with van der Waals surface area (Å²) in [6.45, 7) is 0. The molecule has 25 heavy (non-hydrogen) atoms. The Kier molecular flexibility index (Phi) is 5.62. The van der Waals surface area contributed by atoms with Crippen LogP contribution in [0.4, 0.5) is 9.52 Å². The van der Waals surface area contributed by atoms with Crippen LogP contribution >= 0.6 is 23.1 Å². The SMILES string of the molecule is COc1ccccc1C(=O)Nc1nnc(SCc2cccc(F)c2)s1. The molecule has 8 heteroatoms. The van der Waals surface area contributed by atoms with Gasteiger partial charge in [0.05, 0.1) is 12.7 Å². The van der Waals surface area contributed by atoms with Crippen molar-refractivity contribution in [3.05, 3.63) is 65.5 Å². The van der Waals surface area contributed by atoms with E-state index in [9.17, 15) is 9.18 Å². The van der Waals surface area contributed by atoms with Gasteiger partial charge < -0.3 is 4.74 Å². The highest BCUT2D eigenvalue weighted by atomic mass is 32.2. The quantitative estimate of drug-likeness (QED) is 0.516. The zero-order valence-electron chi connectivity index (χ0n) is 13.2. The predicted molar refractivity (Wildman–Crippen MR) is 96.8 cm³/mol. The van der Waals surface area contributed by atoms with Crippen molar-refractivity contribution >= 4 is 34.1 Å². The summed E-state index contributed by atoms with van der Waals surface area (Å²) < 4.78 is 19.0. The van der Waals surface area contributed by atoms with Crippen molar-refractivity contribution in [3.8, 4) is 5.75 Å². The number of para-hydroxylation sites is 1. The number of benzene rings is 2. The Hall–Kier alpha value is -2.45. The van der Waals surface area contributed by atoms with Gasteiger partial charge in [0.1, 0.15) is 11.6 Å². The Bertz CT molecular complexity index is 886. The number of nitrogens with one attached hydrogen (secondary N) is 1. The molecule has 0 fully saturated rings. The Morgan fingerprint density at radius 2 is 2.08 bits per heavy atom. The first kappa shape index (κ1) is 17.4. The van der Waals surface area contributed by atoms with Crippen molar-refractivity contribution in [2.24, 2.45) is 0 Å². The molecule has 1 amide bonds. The van der Waals surface area contributed by atoms with Gasteiger partial charge >= 0.3 is 0 Å². The minimum absolute atomic E-state index is 0.264. The fraction of sp³-hybridized carbons (Fsp3) is 0.118. The molecule has 128 valence electrons. The standard InChI is InChI=1S/C17H14FN3O2S2/c1-23-14-8-3-2-7-13(14)15(22)19-16-20-21-17(25-16)24-10-11-5-4-6-12(18)9-11/h2-9H,10H2,1H3,(H,19,20,22). The summed E-state index contributed by atoms with van der Waals surface area (Å²) in [6, 6.07) is 13.4. The molecule has 0 aliphatic carbocycles. The van der Waals surface area contributed by atoms with E-state index in [1.165, 1.54) is 42.3 Å². The van der Waals surface area contributed by atoms with Crippen LogP contribution in [-0.2, 0) is 5.75 Å². The number of aromatic nitrogens is 2. The van der Waals surface area contributed by atoms with E-state index in [2.05, 4.69) is 15.5 Å². The molecule has 0 radical (unpaired) electrons. The van der Waals surface area contributed by atoms with E-state index in [1.807, 2.05) is 6.07 Å². The molecule has 0 aliphatic heterocycles. The molecular formula is C17H14FN3O2S2. The van der Waals surface area contributed by atoms with Crippen molar-refractivity contribution < 1.29 is 13.9 Å². The van der Waals surface area contributed by atoms with Gasteiger partial charge in [0.15, 0.2) is 4.34 Å². The van der Waals surface area contributed by atoms with Crippen molar-refractivity contribution in [1.82, 2.24) is 10.2 Å². The van der Waals surface area contributed by atoms with E-state index in [0.29, 0.717) is 26.5 Å². The molecule has 0 unspecified atom stereocenters. The average molecular weight is 375 g/mol. The van der Waals surface area contributed by atoms with Gasteiger partial charge in [0.2, 0.25) is 5.13 Å². The third-order valence-electron chi connectivity index (χ3n) is 3.23. The maximum Gasteiger partial charge on any atom is 0.261 e. The number of amides is 1. The van der Waals surface area contributed by atoms with Gasteiger partial charge in [-0.25, -0.2) is 4.39 Å². The Morgan fingerprint density at radius 1 is 1.24 bits per heavy atom. The Balaban J connectivity index is 1.62. The molecule has 0 bridgehead atoms. The lowest BCUT2D eigenvalue weighted by atomic mass is 10.2. The first-order chi connectivity index (χ1) is 12.2. The summed E-state index contributed by atoms with van der Waals surface area (Å²) in [5.74, 6) is 0.493. The van der Waals surface area contributed by atoms with Crippen LogP contribution in [0.5, 0.6) is 5.75 Å². The molecule has 3 aromatic rings. The lowest BCUT2D eigenvalue weighted by molar-refractivity contribution is 0.102. The van der Waals surface area contributed by atoms with E-state index in [0.717, 1.165) is 5.56 Å². The third-order valence-corrected chi connectivity index (χ3v) is 5.27. The maximum atomic E-state index is 13.2. The molecule has 0 spiro atoms. The van der Waals surface area contributed by atoms with Crippen LogP contribution in [0.25, 0.3) is 0 Å². The van der Waals surface area contributed by atoms with Crippen molar-refractivity contribution in [2.75, 3.05) is 12.4 Å². The van der Waals surface area contributed by atoms with E-state index in [-0.39, 0.29) is 11.7 Å².